The smallest absolute Gasteiger partial charge is 0.261 e. The lowest BCUT2D eigenvalue weighted by Gasteiger charge is -2.31. The van der Waals surface area contributed by atoms with Crippen LogP contribution < -0.4 is 10.1 Å². The predicted molar refractivity (Wildman–Crippen MR) is 144 cm³/mol. The van der Waals surface area contributed by atoms with Gasteiger partial charge < -0.3 is 15.0 Å². The largest absolute Gasteiger partial charge is 0.483 e. The van der Waals surface area contributed by atoms with Gasteiger partial charge in [-0.05, 0) is 41.6 Å². The Morgan fingerprint density at radius 2 is 1.56 bits per heavy atom. The van der Waals surface area contributed by atoms with Gasteiger partial charge in [-0.25, -0.2) is 0 Å². The Bertz CT molecular complexity index is 1300. The summed E-state index contributed by atoms with van der Waals surface area (Å²) in [5, 5.41) is 5.48. The van der Waals surface area contributed by atoms with E-state index in [-0.39, 0.29) is 25.0 Å². The number of fused-ring (bicyclic) bond motifs is 1. The van der Waals surface area contributed by atoms with E-state index in [1.54, 1.807) is 17.0 Å². The van der Waals surface area contributed by atoms with E-state index in [2.05, 4.69) is 5.32 Å². The molecule has 1 N–H and O–H groups in total. The summed E-state index contributed by atoms with van der Waals surface area (Å²) < 4.78 is 6.01. The van der Waals surface area contributed by atoms with Crippen molar-refractivity contribution in [2.24, 2.45) is 0 Å². The molecule has 1 atom stereocenters. The van der Waals surface area contributed by atoms with Crippen molar-refractivity contribution >= 4 is 34.2 Å². The van der Waals surface area contributed by atoms with Crippen LogP contribution in [0.1, 0.15) is 18.1 Å². The number of nitrogens with zero attached hydrogens (tertiary/aromatic N) is 1. The van der Waals surface area contributed by atoms with Crippen LogP contribution in [0.2, 0.25) is 5.02 Å². The first-order valence-corrected chi connectivity index (χ1v) is 12.4. The van der Waals surface area contributed by atoms with E-state index in [1.165, 1.54) is 0 Å². The molecule has 0 aromatic heterocycles. The zero-order valence-corrected chi connectivity index (χ0v) is 20.9. The van der Waals surface area contributed by atoms with Gasteiger partial charge in [-0.2, -0.15) is 0 Å². The molecule has 0 fully saturated rings. The molecule has 184 valence electrons. The molecule has 0 heterocycles. The number of nitrogens with one attached hydrogen (secondary N) is 1. The Labute approximate surface area is 216 Å². The average Bonchev–Trinajstić information content (AvgIpc) is 2.91. The van der Waals surface area contributed by atoms with Crippen molar-refractivity contribution in [2.75, 3.05) is 13.2 Å². The summed E-state index contributed by atoms with van der Waals surface area (Å²) in [6, 6.07) is 29.9. The molecule has 0 aliphatic heterocycles. The van der Waals surface area contributed by atoms with Gasteiger partial charge in [-0.3, -0.25) is 9.59 Å². The van der Waals surface area contributed by atoms with Crippen LogP contribution in [0.25, 0.3) is 10.8 Å². The Morgan fingerprint density at radius 3 is 2.31 bits per heavy atom. The lowest BCUT2D eigenvalue weighted by molar-refractivity contribution is -0.142. The first-order chi connectivity index (χ1) is 17.5. The molecule has 0 saturated carbocycles. The number of carbonyl (C=O) groups is 2. The Kier molecular flexibility index (Phi) is 8.58. The van der Waals surface area contributed by atoms with Crippen molar-refractivity contribution in [3.63, 3.8) is 0 Å². The second kappa shape index (κ2) is 12.2. The van der Waals surface area contributed by atoms with Crippen molar-refractivity contribution in [3.05, 3.63) is 113 Å². The van der Waals surface area contributed by atoms with Gasteiger partial charge in [-0.1, -0.05) is 90.5 Å². The molecule has 2 amide bonds. The monoisotopic (exact) mass is 500 g/mol. The second-order valence-corrected chi connectivity index (χ2v) is 8.95. The number of benzene rings is 4. The summed E-state index contributed by atoms with van der Waals surface area (Å²) in [6.07, 6.45) is 0.389. The van der Waals surface area contributed by atoms with Gasteiger partial charge in [0.25, 0.3) is 5.91 Å². The zero-order valence-electron chi connectivity index (χ0n) is 20.2. The van der Waals surface area contributed by atoms with E-state index in [0.29, 0.717) is 23.7 Å². The molecule has 4 rings (SSSR count). The maximum Gasteiger partial charge on any atom is 0.261 e. The lowest BCUT2D eigenvalue weighted by atomic mass is 10.0. The first-order valence-electron chi connectivity index (χ1n) is 12.0. The van der Waals surface area contributed by atoms with Crippen LogP contribution in [0.5, 0.6) is 5.75 Å². The van der Waals surface area contributed by atoms with E-state index < -0.39 is 6.04 Å². The second-order valence-electron chi connectivity index (χ2n) is 8.51. The Morgan fingerprint density at radius 1 is 0.861 bits per heavy atom. The van der Waals surface area contributed by atoms with Gasteiger partial charge in [-0.15, -0.1) is 0 Å². The number of rotatable bonds is 10. The molecule has 4 aromatic rings. The highest BCUT2D eigenvalue weighted by molar-refractivity contribution is 6.30. The van der Waals surface area contributed by atoms with Crippen LogP contribution in [0.4, 0.5) is 0 Å². The quantitative estimate of drug-likeness (QED) is 0.306. The van der Waals surface area contributed by atoms with Gasteiger partial charge in [0, 0.05) is 29.9 Å². The molecule has 5 nitrogen and oxygen atoms in total. The first kappa shape index (κ1) is 25.3. The van der Waals surface area contributed by atoms with Crippen molar-refractivity contribution in [1.82, 2.24) is 10.2 Å². The third-order valence-corrected chi connectivity index (χ3v) is 6.24. The van der Waals surface area contributed by atoms with Crippen molar-refractivity contribution in [3.8, 4) is 5.75 Å². The fourth-order valence-electron chi connectivity index (χ4n) is 4.18. The minimum Gasteiger partial charge on any atom is -0.483 e. The predicted octanol–water partition coefficient (Wildman–Crippen LogP) is 5.65. The number of carbonyl (C=O) groups excluding carboxylic acids is 2. The number of likely N-dealkylation sites (N-methyl/N-ethyl adjacent to an activating group) is 1. The van der Waals surface area contributed by atoms with Crippen LogP contribution in [-0.2, 0) is 22.6 Å². The molecule has 6 heteroatoms. The molecule has 0 unspecified atom stereocenters. The van der Waals surface area contributed by atoms with Gasteiger partial charge in [0.05, 0.1) is 0 Å². The van der Waals surface area contributed by atoms with Crippen molar-refractivity contribution < 1.29 is 14.3 Å². The highest BCUT2D eigenvalue weighted by Crippen LogP contribution is 2.25. The van der Waals surface area contributed by atoms with E-state index in [9.17, 15) is 9.59 Å². The zero-order chi connectivity index (χ0) is 25.3. The maximum atomic E-state index is 13.7. The molecule has 4 aromatic carbocycles. The topological polar surface area (TPSA) is 58.6 Å². The molecular formula is C30H29ClN2O3. The summed E-state index contributed by atoms with van der Waals surface area (Å²) >= 11 is 6.07. The van der Waals surface area contributed by atoms with Crippen LogP contribution in [0.3, 0.4) is 0 Å². The third-order valence-electron chi connectivity index (χ3n) is 5.99. The van der Waals surface area contributed by atoms with Gasteiger partial charge >= 0.3 is 0 Å². The molecule has 36 heavy (non-hydrogen) atoms. The van der Waals surface area contributed by atoms with Gasteiger partial charge in [0.1, 0.15) is 11.8 Å². The fourth-order valence-corrected chi connectivity index (χ4v) is 4.30. The van der Waals surface area contributed by atoms with Crippen LogP contribution in [0.15, 0.2) is 97.1 Å². The highest BCUT2D eigenvalue weighted by atomic mass is 35.5. The summed E-state index contributed by atoms with van der Waals surface area (Å²) in [5.41, 5.74) is 1.85. The third kappa shape index (κ3) is 6.43. The maximum absolute atomic E-state index is 13.7. The minimum atomic E-state index is -0.702. The summed E-state index contributed by atoms with van der Waals surface area (Å²) in [4.78, 5) is 28.5. The fraction of sp³-hybridized carbons (Fsp3) is 0.200. The molecular weight excluding hydrogens is 472 g/mol. The van der Waals surface area contributed by atoms with Gasteiger partial charge in [0.15, 0.2) is 6.61 Å². The summed E-state index contributed by atoms with van der Waals surface area (Å²) in [6.45, 7) is 2.40. The summed E-state index contributed by atoms with van der Waals surface area (Å²) in [7, 11) is 0. The summed E-state index contributed by atoms with van der Waals surface area (Å²) in [5.74, 6) is 0.157. The molecule has 0 aliphatic carbocycles. The standard InChI is InChI=1S/C30H29ClN2O3/c1-2-32-30(35)27(19-22-9-4-3-5-10-22)33(20-23-15-17-25(31)18-16-23)29(34)21-36-28-14-8-12-24-11-6-7-13-26(24)28/h3-18,27H,2,19-21H2,1H3,(H,32,35)/t27-/m1/s1. The number of hydrogen-bond acceptors (Lipinski definition) is 3. The van der Waals surface area contributed by atoms with Crippen LogP contribution in [0, 0.1) is 0 Å². The van der Waals surface area contributed by atoms with Crippen LogP contribution >= 0.6 is 11.6 Å². The van der Waals surface area contributed by atoms with E-state index in [4.69, 9.17) is 16.3 Å². The number of halogens is 1. The number of amides is 2. The van der Waals surface area contributed by atoms with E-state index in [1.807, 2.05) is 91.9 Å². The van der Waals surface area contributed by atoms with E-state index in [0.717, 1.165) is 21.9 Å². The number of hydrogen-bond donors (Lipinski definition) is 1. The molecule has 0 spiro atoms. The van der Waals surface area contributed by atoms with Gasteiger partial charge in [0.2, 0.25) is 5.91 Å². The Balaban J connectivity index is 1.62. The molecule has 0 radical (unpaired) electrons. The van der Waals surface area contributed by atoms with E-state index >= 15 is 0 Å². The molecule has 0 bridgehead atoms. The normalized spacial score (nSPS) is 11.6. The minimum absolute atomic E-state index is 0.188. The highest BCUT2D eigenvalue weighted by Gasteiger charge is 2.30. The SMILES string of the molecule is CCNC(=O)[C@@H](Cc1ccccc1)N(Cc1ccc(Cl)cc1)C(=O)COc1cccc2ccccc12. The van der Waals surface area contributed by atoms with Crippen molar-refractivity contribution in [2.45, 2.75) is 25.9 Å². The number of ether oxygens (including phenoxy) is 1. The van der Waals surface area contributed by atoms with Crippen molar-refractivity contribution in [1.29, 1.82) is 0 Å². The lowest BCUT2D eigenvalue weighted by Crippen LogP contribution is -2.51. The van der Waals surface area contributed by atoms with Crippen LogP contribution in [-0.4, -0.2) is 35.9 Å². The molecule has 0 aliphatic rings. The average molecular weight is 501 g/mol. The Hall–Kier alpha value is -3.83. The molecule has 0 saturated heterocycles.